The fraction of sp³-hybridized carbons (Fsp3) is 0.0435. The standard InChI is InChI=1S/C69H48N4S2/c1-43-19-25-46(26-20-43)70(47-27-21-44(2)22-28-47)49-11-10-12-50(37-49)72(54-38-61-55-13-4-7-16-63(55)73-64-17-8-5-14-56(64)62(39-54)69(61)73)53-33-36-60-59-35-32-52(41-67(59)75-68(60)42-53)71(48-29-23-45(3)24-30-48)51-31-34-58-57-15-6-9-18-65(57)74-66(58)40-51/h4-42H,1-3H3. The lowest BCUT2D eigenvalue weighted by atomic mass is 10.0. The van der Waals surface area contributed by atoms with Crippen molar-refractivity contribution in [1.29, 1.82) is 0 Å². The molecular formula is C69H48N4S2. The Morgan fingerprint density at radius 1 is 0.253 bits per heavy atom. The van der Waals surface area contributed by atoms with E-state index < -0.39 is 0 Å². The summed E-state index contributed by atoms with van der Waals surface area (Å²) in [4.78, 5) is 7.27. The van der Waals surface area contributed by atoms with Crippen LogP contribution >= 0.6 is 22.7 Å². The molecule has 0 bridgehead atoms. The molecular weight excluding hydrogens is 949 g/mol. The lowest BCUT2D eigenvalue weighted by molar-refractivity contribution is 1.25. The van der Waals surface area contributed by atoms with Crippen LogP contribution in [0.3, 0.4) is 0 Å². The smallest absolute Gasteiger partial charge is 0.0622 e. The predicted molar refractivity (Wildman–Crippen MR) is 325 cm³/mol. The van der Waals surface area contributed by atoms with Crippen LogP contribution in [0.5, 0.6) is 0 Å². The maximum Gasteiger partial charge on any atom is 0.0622 e. The minimum Gasteiger partial charge on any atom is -0.310 e. The number of para-hydroxylation sites is 2. The number of benzene rings is 11. The average molecular weight is 997 g/mol. The summed E-state index contributed by atoms with van der Waals surface area (Å²) in [6.07, 6.45) is 0. The highest BCUT2D eigenvalue weighted by atomic mass is 32.1. The summed E-state index contributed by atoms with van der Waals surface area (Å²) >= 11 is 3.73. The summed E-state index contributed by atoms with van der Waals surface area (Å²) in [7, 11) is 0. The van der Waals surface area contributed by atoms with Crippen LogP contribution in [0.1, 0.15) is 16.7 Å². The first-order valence-corrected chi connectivity index (χ1v) is 27.3. The average Bonchev–Trinajstić information content (AvgIpc) is 4.25. The molecule has 75 heavy (non-hydrogen) atoms. The van der Waals surface area contributed by atoms with Crippen molar-refractivity contribution in [1.82, 2.24) is 4.40 Å². The van der Waals surface area contributed by atoms with Gasteiger partial charge in [-0.1, -0.05) is 132 Å². The van der Waals surface area contributed by atoms with Crippen molar-refractivity contribution >= 4 is 152 Å². The summed E-state index contributed by atoms with van der Waals surface area (Å²) < 4.78 is 7.55. The Morgan fingerprint density at radius 3 is 1.07 bits per heavy atom. The van der Waals surface area contributed by atoms with Gasteiger partial charge in [-0.05, 0) is 142 Å². The summed E-state index contributed by atoms with van der Waals surface area (Å²) in [6.45, 7) is 6.46. The molecule has 0 spiro atoms. The molecule has 15 aromatic rings. The third-order valence-electron chi connectivity index (χ3n) is 15.2. The first-order chi connectivity index (χ1) is 36.9. The Hall–Kier alpha value is -8.94. The molecule has 0 radical (unpaired) electrons. The molecule has 0 N–H and O–H groups in total. The summed E-state index contributed by atoms with van der Waals surface area (Å²) in [6, 6.07) is 88.1. The summed E-state index contributed by atoms with van der Waals surface area (Å²) in [5.41, 5.74) is 17.4. The molecule has 0 atom stereocenters. The number of hydrogen-bond donors (Lipinski definition) is 0. The first kappa shape index (κ1) is 43.6. The van der Waals surface area contributed by atoms with Gasteiger partial charge >= 0.3 is 0 Å². The molecule has 0 aliphatic heterocycles. The number of fused-ring (bicyclic) bond motifs is 12. The fourth-order valence-electron chi connectivity index (χ4n) is 11.6. The SMILES string of the molecule is Cc1ccc(N(c2ccc(C)cc2)c2cccc(N(c3ccc4c(c3)sc3cc(N(c5ccc(C)cc5)c5ccc6c(c5)sc5ccccc56)ccc34)c3cc4c5ccccc5n5c6ccccc6c(c3)c45)c2)cc1. The number of hydrogen-bond acceptors (Lipinski definition) is 5. The molecule has 0 amide bonds. The second-order valence-electron chi connectivity index (χ2n) is 20.0. The Labute approximate surface area is 442 Å². The van der Waals surface area contributed by atoms with Crippen molar-refractivity contribution in [3.8, 4) is 0 Å². The second kappa shape index (κ2) is 17.1. The van der Waals surface area contributed by atoms with E-state index in [1.807, 2.05) is 22.7 Å². The van der Waals surface area contributed by atoms with Gasteiger partial charge in [0.1, 0.15) is 0 Å². The third kappa shape index (κ3) is 7.09. The van der Waals surface area contributed by atoms with Crippen LogP contribution in [0, 0.1) is 20.8 Å². The van der Waals surface area contributed by atoms with Gasteiger partial charge in [0.2, 0.25) is 0 Å². The summed E-state index contributed by atoms with van der Waals surface area (Å²) in [5, 5.41) is 10.1. The van der Waals surface area contributed by atoms with E-state index in [-0.39, 0.29) is 0 Å². The molecule has 6 heteroatoms. The number of aromatic nitrogens is 1. The van der Waals surface area contributed by atoms with E-state index in [0.717, 1.165) is 51.2 Å². The number of nitrogens with zero attached hydrogens (tertiary/aromatic N) is 4. The molecule has 0 unspecified atom stereocenters. The highest BCUT2D eigenvalue weighted by molar-refractivity contribution is 7.26. The van der Waals surface area contributed by atoms with Crippen LogP contribution in [0.2, 0.25) is 0 Å². The van der Waals surface area contributed by atoms with Crippen LogP contribution in [0.4, 0.5) is 51.2 Å². The van der Waals surface area contributed by atoms with E-state index in [2.05, 4.69) is 276 Å². The van der Waals surface area contributed by atoms with Gasteiger partial charge in [-0.15, -0.1) is 22.7 Å². The molecule has 0 fully saturated rings. The van der Waals surface area contributed by atoms with Crippen LogP contribution in [-0.4, -0.2) is 4.40 Å². The molecule has 4 nitrogen and oxygen atoms in total. The molecule has 0 saturated carbocycles. The molecule has 4 aromatic heterocycles. The van der Waals surface area contributed by atoms with Gasteiger partial charge in [0.05, 0.1) is 16.6 Å². The van der Waals surface area contributed by atoms with Crippen LogP contribution in [0.15, 0.2) is 237 Å². The van der Waals surface area contributed by atoms with Gasteiger partial charge in [0, 0.05) is 113 Å². The van der Waals surface area contributed by atoms with E-state index >= 15 is 0 Å². The highest BCUT2D eigenvalue weighted by Crippen LogP contribution is 2.49. The maximum atomic E-state index is 2.48. The van der Waals surface area contributed by atoms with E-state index in [9.17, 15) is 0 Å². The van der Waals surface area contributed by atoms with Crippen molar-refractivity contribution in [2.75, 3.05) is 14.7 Å². The third-order valence-corrected chi connectivity index (χ3v) is 17.5. The van der Waals surface area contributed by atoms with Gasteiger partial charge in [-0.2, -0.15) is 0 Å². The van der Waals surface area contributed by atoms with Crippen molar-refractivity contribution in [2.45, 2.75) is 20.8 Å². The van der Waals surface area contributed by atoms with Crippen molar-refractivity contribution in [3.63, 3.8) is 0 Å². The largest absolute Gasteiger partial charge is 0.310 e. The van der Waals surface area contributed by atoms with Gasteiger partial charge in [-0.3, -0.25) is 0 Å². The summed E-state index contributed by atoms with van der Waals surface area (Å²) in [5.74, 6) is 0. The first-order valence-electron chi connectivity index (χ1n) is 25.6. The van der Waals surface area contributed by atoms with Crippen molar-refractivity contribution in [2.24, 2.45) is 0 Å². The van der Waals surface area contributed by atoms with Crippen molar-refractivity contribution < 1.29 is 0 Å². The minimum absolute atomic E-state index is 1.07. The quantitative estimate of drug-likeness (QED) is 0.143. The zero-order valence-corrected chi connectivity index (χ0v) is 43.3. The van der Waals surface area contributed by atoms with E-state index in [0.29, 0.717) is 0 Å². The minimum atomic E-state index is 1.07. The molecule has 15 rings (SSSR count). The van der Waals surface area contributed by atoms with Gasteiger partial charge < -0.3 is 19.1 Å². The Balaban J connectivity index is 0.917. The van der Waals surface area contributed by atoms with Gasteiger partial charge in [0.25, 0.3) is 0 Å². The zero-order valence-electron chi connectivity index (χ0n) is 41.6. The van der Waals surface area contributed by atoms with E-state index in [4.69, 9.17) is 0 Å². The Bertz CT molecular complexity index is 4570. The monoisotopic (exact) mass is 996 g/mol. The number of thiophene rings is 2. The molecule has 0 saturated heterocycles. The molecule has 4 heterocycles. The lowest BCUT2D eigenvalue weighted by Gasteiger charge is -2.29. The molecule has 0 aliphatic rings. The van der Waals surface area contributed by atoms with Gasteiger partial charge in [-0.25, -0.2) is 0 Å². The maximum absolute atomic E-state index is 2.48. The highest BCUT2D eigenvalue weighted by Gasteiger charge is 2.24. The molecule has 0 aliphatic carbocycles. The molecule has 356 valence electrons. The predicted octanol–water partition coefficient (Wildman–Crippen LogP) is 20.9. The number of anilines is 9. The van der Waals surface area contributed by atoms with Crippen LogP contribution < -0.4 is 14.7 Å². The zero-order chi connectivity index (χ0) is 49.9. The second-order valence-corrected chi connectivity index (χ2v) is 22.2. The van der Waals surface area contributed by atoms with Gasteiger partial charge in [0.15, 0.2) is 0 Å². The normalized spacial score (nSPS) is 11.9. The van der Waals surface area contributed by atoms with E-state index in [1.54, 1.807) is 0 Å². The molecule has 11 aromatic carbocycles. The van der Waals surface area contributed by atoms with E-state index in [1.165, 1.54) is 95.1 Å². The van der Waals surface area contributed by atoms with Crippen LogP contribution in [0.25, 0.3) is 78.4 Å². The number of rotatable bonds is 9. The fourth-order valence-corrected chi connectivity index (χ4v) is 14.0. The lowest BCUT2D eigenvalue weighted by Crippen LogP contribution is -2.13. The number of aryl methyl sites for hydroxylation is 3. The van der Waals surface area contributed by atoms with Crippen LogP contribution in [-0.2, 0) is 0 Å². The Morgan fingerprint density at radius 2 is 0.600 bits per heavy atom. The topological polar surface area (TPSA) is 14.1 Å². The van der Waals surface area contributed by atoms with Crippen molar-refractivity contribution in [3.05, 3.63) is 253 Å². The Kier molecular flexibility index (Phi) is 9.93.